The van der Waals surface area contributed by atoms with E-state index in [0.29, 0.717) is 36.9 Å². The molecule has 0 radical (unpaired) electrons. The van der Waals surface area contributed by atoms with Crippen molar-refractivity contribution in [3.63, 3.8) is 0 Å². The lowest BCUT2D eigenvalue weighted by atomic mass is 9.97. The van der Waals surface area contributed by atoms with Gasteiger partial charge in [0.1, 0.15) is 11.5 Å². The average molecular weight is 527 g/mol. The molecule has 0 N–H and O–H groups in total. The number of carbonyl (C=O) groups excluding carboxylic acids is 2. The maximum Gasteiger partial charge on any atom is 0.273 e. The Hall–Kier alpha value is -2.97. The fourth-order valence-corrected chi connectivity index (χ4v) is 5.99. The average Bonchev–Trinajstić information content (AvgIpc) is 3.40. The number of benzene rings is 2. The number of hydrogen-bond acceptors (Lipinski definition) is 5. The largest absolute Gasteiger partial charge is 0.368 e. The number of carbonyl (C=O) groups is 2. The number of rotatable bonds is 5. The molecule has 0 saturated carbocycles. The minimum absolute atomic E-state index is 0.0184. The first kappa shape index (κ1) is 24.7. The molecule has 0 bridgehead atoms. The fourth-order valence-electron chi connectivity index (χ4n) is 4.84. The molecule has 2 aromatic carbocycles. The molecule has 9 heteroatoms. The number of nitrogens with zero attached hydrogens (tertiary/aromatic N) is 4. The molecule has 5 rings (SSSR count). The van der Waals surface area contributed by atoms with E-state index >= 15 is 0 Å². The molecular formula is C27H28ClFN4O2S. The molecule has 1 aromatic heterocycles. The Morgan fingerprint density at radius 2 is 1.69 bits per heavy atom. The lowest BCUT2D eigenvalue weighted by Crippen LogP contribution is -2.48. The van der Waals surface area contributed by atoms with E-state index in [-0.39, 0.29) is 30.0 Å². The van der Waals surface area contributed by atoms with Gasteiger partial charge in [0.2, 0.25) is 5.91 Å². The minimum Gasteiger partial charge on any atom is -0.368 e. The Morgan fingerprint density at radius 3 is 2.39 bits per heavy atom. The van der Waals surface area contributed by atoms with E-state index < -0.39 is 0 Å². The molecule has 2 aliphatic rings. The lowest BCUT2D eigenvalue weighted by molar-refractivity contribution is -0.131. The van der Waals surface area contributed by atoms with Crippen LogP contribution in [0.4, 0.5) is 10.1 Å². The number of halogens is 2. The predicted molar refractivity (Wildman–Crippen MR) is 140 cm³/mol. The van der Waals surface area contributed by atoms with Gasteiger partial charge in [-0.2, -0.15) is 0 Å². The number of likely N-dealkylation sites (tertiary alicyclic amines) is 1. The highest BCUT2D eigenvalue weighted by Crippen LogP contribution is 2.31. The van der Waals surface area contributed by atoms with Crippen LogP contribution in [-0.4, -0.2) is 65.9 Å². The van der Waals surface area contributed by atoms with E-state index in [9.17, 15) is 14.0 Å². The number of piperazine rings is 1. The molecule has 36 heavy (non-hydrogen) atoms. The van der Waals surface area contributed by atoms with Gasteiger partial charge in [-0.3, -0.25) is 9.59 Å². The highest BCUT2D eigenvalue weighted by molar-refractivity contribution is 7.09. The summed E-state index contributed by atoms with van der Waals surface area (Å²) in [6, 6.07) is 13.9. The van der Waals surface area contributed by atoms with E-state index in [0.717, 1.165) is 42.2 Å². The second-order valence-electron chi connectivity index (χ2n) is 9.29. The summed E-state index contributed by atoms with van der Waals surface area (Å²) in [5.74, 6) is 0.00125. The van der Waals surface area contributed by atoms with Gasteiger partial charge in [-0.05, 0) is 48.7 Å². The maximum atomic E-state index is 13.1. The number of aromatic nitrogens is 1. The summed E-state index contributed by atoms with van der Waals surface area (Å²) >= 11 is 7.66. The number of hydrogen-bond donors (Lipinski definition) is 0. The summed E-state index contributed by atoms with van der Waals surface area (Å²) in [5, 5.41) is 3.55. The lowest BCUT2D eigenvalue weighted by Gasteiger charge is -2.36. The van der Waals surface area contributed by atoms with Crippen molar-refractivity contribution in [3.05, 3.63) is 81.0 Å². The fraction of sp³-hybridized carbons (Fsp3) is 0.370. The summed E-state index contributed by atoms with van der Waals surface area (Å²) in [7, 11) is 0. The van der Waals surface area contributed by atoms with E-state index in [1.807, 2.05) is 39.4 Å². The van der Waals surface area contributed by atoms with Gasteiger partial charge in [0.15, 0.2) is 0 Å². The molecule has 0 aliphatic carbocycles. The zero-order valence-electron chi connectivity index (χ0n) is 19.9. The van der Waals surface area contributed by atoms with Crippen molar-refractivity contribution in [3.8, 4) is 0 Å². The molecule has 3 heterocycles. The van der Waals surface area contributed by atoms with Gasteiger partial charge < -0.3 is 14.7 Å². The van der Waals surface area contributed by atoms with Crippen molar-refractivity contribution in [2.24, 2.45) is 0 Å². The van der Waals surface area contributed by atoms with Gasteiger partial charge >= 0.3 is 0 Å². The van der Waals surface area contributed by atoms with E-state index in [4.69, 9.17) is 16.6 Å². The molecule has 188 valence electrons. The van der Waals surface area contributed by atoms with Crippen LogP contribution in [-0.2, 0) is 11.2 Å². The molecule has 2 aliphatic heterocycles. The molecule has 2 amide bonds. The molecule has 3 aromatic rings. The van der Waals surface area contributed by atoms with Crippen LogP contribution in [0.15, 0.2) is 53.9 Å². The van der Waals surface area contributed by atoms with E-state index in [1.54, 1.807) is 12.1 Å². The van der Waals surface area contributed by atoms with E-state index in [2.05, 4.69) is 4.90 Å². The van der Waals surface area contributed by atoms with Gasteiger partial charge in [0.05, 0.1) is 11.4 Å². The number of amides is 2. The van der Waals surface area contributed by atoms with Crippen molar-refractivity contribution in [1.82, 2.24) is 14.8 Å². The number of anilines is 1. The Bertz CT molecular complexity index is 1220. The van der Waals surface area contributed by atoms with E-state index in [1.165, 1.54) is 23.5 Å². The van der Waals surface area contributed by atoms with Crippen LogP contribution in [0.2, 0.25) is 5.02 Å². The highest BCUT2D eigenvalue weighted by atomic mass is 35.5. The summed E-state index contributed by atoms with van der Waals surface area (Å²) in [4.78, 5) is 36.4. The summed E-state index contributed by atoms with van der Waals surface area (Å²) < 4.78 is 13.1. The monoisotopic (exact) mass is 526 g/mol. The first-order valence-corrected chi connectivity index (χ1v) is 13.5. The molecule has 2 saturated heterocycles. The molecule has 0 unspecified atom stereocenters. The number of thiazole rings is 1. The molecular weight excluding hydrogens is 499 g/mol. The zero-order valence-corrected chi connectivity index (χ0v) is 21.5. The van der Waals surface area contributed by atoms with Crippen LogP contribution < -0.4 is 4.90 Å². The molecule has 2 fully saturated rings. The first-order chi connectivity index (χ1) is 17.5. The predicted octanol–water partition coefficient (Wildman–Crippen LogP) is 4.85. The number of piperidine rings is 1. The van der Waals surface area contributed by atoms with Gasteiger partial charge in [0.25, 0.3) is 5.91 Å². The van der Waals surface area contributed by atoms with Crippen LogP contribution in [0.25, 0.3) is 0 Å². The summed E-state index contributed by atoms with van der Waals surface area (Å²) in [5.41, 5.74) is 2.41. The Morgan fingerprint density at radius 1 is 0.972 bits per heavy atom. The molecule has 0 atom stereocenters. The van der Waals surface area contributed by atoms with Gasteiger partial charge in [-0.1, -0.05) is 29.8 Å². The minimum atomic E-state index is -0.298. The zero-order chi connectivity index (χ0) is 25.1. The van der Waals surface area contributed by atoms with Crippen molar-refractivity contribution in [1.29, 1.82) is 0 Å². The summed E-state index contributed by atoms with van der Waals surface area (Å²) in [6.45, 7) is 4.14. The maximum absolute atomic E-state index is 13.1. The van der Waals surface area contributed by atoms with Crippen LogP contribution in [0.3, 0.4) is 0 Å². The molecule has 6 nitrogen and oxygen atoms in total. The van der Waals surface area contributed by atoms with Crippen LogP contribution >= 0.6 is 22.9 Å². The molecule has 0 spiro atoms. The second kappa shape index (κ2) is 11.0. The second-order valence-corrected chi connectivity index (χ2v) is 10.6. The standard InChI is InChI=1S/C27H28ClFN4O2S/c28-21-2-1-3-23(17-21)31-12-14-33(15-13-31)27(35)24-18-36-26(30-24)20-8-10-32(11-9-20)25(34)16-19-4-6-22(29)7-5-19/h1-7,17-18,20H,8-16H2. The SMILES string of the molecule is O=C(Cc1ccc(F)cc1)N1CCC(c2nc(C(=O)N3CCN(c4cccc(Cl)c4)CC3)cs2)CC1. The quantitative estimate of drug-likeness (QED) is 0.477. The topological polar surface area (TPSA) is 56.8 Å². The Balaban J connectivity index is 1.12. The smallest absolute Gasteiger partial charge is 0.273 e. The van der Waals surface area contributed by atoms with Crippen molar-refractivity contribution < 1.29 is 14.0 Å². The van der Waals surface area contributed by atoms with Crippen LogP contribution in [0.1, 0.15) is 39.8 Å². The van der Waals surface area contributed by atoms with Gasteiger partial charge in [-0.25, -0.2) is 9.37 Å². The third-order valence-electron chi connectivity index (χ3n) is 6.95. The Kier molecular flexibility index (Phi) is 7.53. The van der Waals surface area contributed by atoms with Crippen LogP contribution in [0.5, 0.6) is 0 Å². The van der Waals surface area contributed by atoms with Gasteiger partial charge in [0, 0.05) is 61.3 Å². The third kappa shape index (κ3) is 5.71. The Labute approximate surface area is 219 Å². The van der Waals surface area contributed by atoms with Gasteiger partial charge in [-0.15, -0.1) is 11.3 Å². The summed E-state index contributed by atoms with van der Waals surface area (Å²) in [6.07, 6.45) is 1.94. The van der Waals surface area contributed by atoms with Crippen LogP contribution in [0, 0.1) is 5.82 Å². The third-order valence-corrected chi connectivity index (χ3v) is 8.19. The normalized spacial score (nSPS) is 16.9. The van der Waals surface area contributed by atoms with Crippen molar-refractivity contribution in [2.45, 2.75) is 25.2 Å². The highest BCUT2D eigenvalue weighted by Gasteiger charge is 2.28. The van der Waals surface area contributed by atoms with Crippen molar-refractivity contribution >= 4 is 40.4 Å². The van der Waals surface area contributed by atoms with Crippen molar-refractivity contribution in [2.75, 3.05) is 44.2 Å². The first-order valence-electron chi connectivity index (χ1n) is 12.2.